The zero-order valence-corrected chi connectivity index (χ0v) is 31.3. The fraction of sp³-hybridized carbons (Fsp3) is 0.667. The molecule has 0 radical (unpaired) electrons. The van der Waals surface area contributed by atoms with Crippen molar-refractivity contribution in [2.24, 2.45) is 29.6 Å². The van der Waals surface area contributed by atoms with Crippen molar-refractivity contribution in [3.63, 3.8) is 0 Å². The van der Waals surface area contributed by atoms with E-state index in [1.807, 2.05) is 42.5 Å². The fourth-order valence-electron chi connectivity index (χ4n) is 11.7. The first-order valence-corrected chi connectivity index (χ1v) is 19.1. The van der Waals surface area contributed by atoms with Gasteiger partial charge in [0.1, 0.15) is 16.8 Å². The number of nitrogens with zero attached hydrogens (tertiary/aromatic N) is 1. The topological polar surface area (TPSA) is 115 Å². The number of likely N-dealkylation sites (N-methyl/N-ethyl adjacent to an activating group) is 1. The van der Waals surface area contributed by atoms with Crippen LogP contribution in [-0.4, -0.2) is 102 Å². The van der Waals surface area contributed by atoms with Gasteiger partial charge in [0.05, 0.1) is 23.9 Å². The lowest BCUT2D eigenvalue weighted by Crippen LogP contribution is -2.73. The van der Waals surface area contributed by atoms with E-state index in [0.29, 0.717) is 67.8 Å². The predicted octanol–water partition coefficient (Wildman–Crippen LogP) is 5.45. The summed E-state index contributed by atoms with van der Waals surface area (Å²) in [6.45, 7) is 9.69. The number of hydrogen-bond acceptors (Lipinski definition) is 9. The summed E-state index contributed by atoms with van der Waals surface area (Å²) in [5.74, 6) is -1.26. The Labute approximate surface area is 303 Å². The third-order valence-electron chi connectivity index (χ3n) is 14.3. The summed E-state index contributed by atoms with van der Waals surface area (Å²) in [5, 5.41) is 26.2. The highest BCUT2D eigenvalue weighted by atomic mass is 16.6. The lowest BCUT2D eigenvalue weighted by Gasteiger charge is -2.58. The molecule has 5 fully saturated rings. The van der Waals surface area contributed by atoms with Crippen LogP contribution in [0.1, 0.15) is 97.6 Å². The van der Waals surface area contributed by atoms with Gasteiger partial charge in [-0.05, 0) is 74.1 Å². The zero-order chi connectivity index (χ0) is 36.5. The van der Waals surface area contributed by atoms with E-state index in [1.54, 1.807) is 27.4 Å². The van der Waals surface area contributed by atoms with Gasteiger partial charge in [-0.2, -0.15) is 0 Å². The normalized spacial score (nSPS) is 40.1. The Bertz CT molecular complexity index is 1610. The number of benzene rings is 2. The molecular weight excluding hydrogens is 646 g/mol. The van der Waals surface area contributed by atoms with Crippen molar-refractivity contribution in [1.82, 2.24) is 4.90 Å². The SMILES string of the molecule is CCN1C[C@]2(OC(=O)c3ccccc3CC(=O)c3ccc(C(C)C)cc3)CC[C@H](OC)C3C2C[C@@H]([C@@H]1C)[C@@]1(O)CC(OC)[C@H]2CC3[C@]1(O)[C@H]2OC. The minimum Gasteiger partial charge on any atom is -0.454 e. The number of Topliss-reactive ketones (excluding diaryl/α,β-unsaturated/α-hetero) is 1. The van der Waals surface area contributed by atoms with Crippen molar-refractivity contribution in [2.75, 3.05) is 34.4 Å². The Morgan fingerprint density at radius 2 is 1.63 bits per heavy atom. The average molecular weight is 704 g/mol. The van der Waals surface area contributed by atoms with Crippen LogP contribution in [0.3, 0.4) is 0 Å². The standard InChI is InChI=1S/C42H57NO8/c1-8-43-23-40(51-39(45)29-12-10-9-11-28(29)19-34(44)27-15-13-26(14-16-27)24(2)3)18-17-35(48-5)37-32(40)21-31(25(43)4)41(46)22-36(49-6)30-20-33(37)42(41,47)38(30)50-7/h9-16,24-25,30-33,35-38,46-47H,8,17-23H2,1-7H3/t25-,30+,31-,32?,33?,35-,36?,37?,38-,40+,41-,42-/m0/s1. The summed E-state index contributed by atoms with van der Waals surface area (Å²) >= 11 is 0. The molecule has 51 heavy (non-hydrogen) atoms. The number of rotatable bonds is 10. The van der Waals surface area contributed by atoms with Crippen LogP contribution in [0, 0.1) is 29.6 Å². The van der Waals surface area contributed by atoms with Gasteiger partial charge in [-0.1, -0.05) is 63.2 Å². The van der Waals surface area contributed by atoms with Gasteiger partial charge in [0.2, 0.25) is 0 Å². The minimum atomic E-state index is -1.53. The van der Waals surface area contributed by atoms with Gasteiger partial charge in [0, 0.05) is 70.1 Å². The Morgan fingerprint density at radius 3 is 2.27 bits per heavy atom. The van der Waals surface area contributed by atoms with Gasteiger partial charge in [0.25, 0.3) is 0 Å². The minimum absolute atomic E-state index is 0.0534. The third-order valence-corrected chi connectivity index (χ3v) is 14.3. The molecule has 5 aliphatic rings. The summed E-state index contributed by atoms with van der Waals surface area (Å²) in [6.07, 6.45) is 1.79. The Balaban J connectivity index is 1.28. The molecule has 4 unspecified atom stereocenters. The number of likely N-dealkylation sites (tertiary alicyclic amines) is 1. The molecular formula is C42H57NO8. The van der Waals surface area contributed by atoms with Gasteiger partial charge in [-0.3, -0.25) is 9.69 Å². The van der Waals surface area contributed by atoms with E-state index in [2.05, 4.69) is 32.6 Å². The maximum absolute atomic E-state index is 14.6. The Kier molecular flexibility index (Phi) is 9.81. The highest BCUT2D eigenvalue weighted by Crippen LogP contribution is 2.67. The van der Waals surface area contributed by atoms with Crippen molar-refractivity contribution in [2.45, 2.75) is 113 Å². The van der Waals surface area contributed by atoms with Crippen LogP contribution in [-0.2, 0) is 25.4 Å². The molecule has 2 aromatic carbocycles. The summed E-state index contributed by atoms with van der Waals surface area (Å²) < 4.78 is 25.3. The molecule has 1 heterocycles. The molecule has 1 saturated heterocycles. The van der Waals surface area contributed by atoms with Crippen LogP contribution >= 0.6 is 0 Å². The van der Waals surface area contributed by atoms with Crippen LogP contribution in [0.2, 0.25) is 0 Å². The quantitative estimate of drug-likeness (QED) is 0.247. The number of ketones is 1. The number of esters is 1. The molecule has 9 nitrogen and oxygen atoms in total. The molecule has 2 N–H and O–H groups in total. The van der Waals surface area contributed by atoms with E-state index in [-0.39, 0.29) is 60.0 Å². The fourth-order valence-corrected chi connectivity index (χ4v) is 11.7. The van der Waals surface area contributed by atoms with Gasteiger partial charge in [0.15, 0.2) is 5.78 Å². The molecule has 12 atom stereocenters. The van der Waals surface area contributed by atoms with Crippen molar-refractivity contribution in [3.8, 4) is 0 Å². The molecule has 4 saturated carbocycles. The smallest absolute Gasteiger partial charge is 0.339 e. The lowest BCUT2D eigenvalue weighted by molar-refractivity contribution is -0.283. The van der Waals surface area contributed by atoms with E-state index in [9.17, 15) is 19.8 Å². The Morgan fingerprint density at radius 1 is 0.922 bits per heavy atom. The lowest BCUT2D eigenvalue weighted by atomic mass is 9.59. The predicted molar refractivity (Wildman–Crippen MR) is 193 cm³/mol. The van der Waals surface area contributed by atoms with E-state index in [0.717, 1.165) is 0 Å². The molecule has 1 aliphatic heterocycles. The first-order chi connectivity index (χ1) is 24.4. The van der Waals surface area contributed by atoms with Crippen molar-refractivity contribution >= 4 is 11.8 Å². The number of hydrogen-bond donors (Lipinski definition) is 2. The molecule has 7 rings (SSSR count). The van der Waals surface area contributed by atoms with Gasteiger partial charge >= 0.3 is 5.97 Å². The van der Waals surface area contributed by atoms with Gasteiger partial charge < -0.3 is 29.2 Å². The summed E-state index contributed by atoms with van der Waals surface area (Å²) in [4.78, 5) is 30.5. The van der Waals surface area contributed by atoms with Crippen LogP contribution in [0.5, 0.6) is 0 Å². The first kappa shape index (κ1) is 36.7. The first-order valence-electron chi connectivity index (χ1n) is 19.1. The highest BCUT2D eigenvalue weighted by Gasteiger charge is 2.78. The second-order valence-electron chi connectivity index (χ2n) is 16.5. The van der Waals surface area contributed by atoms with Crippen LogP contribution in [0.15, 0.2) is 48.5 Å². The number of fused-ring (bicyclic) bond motifs is 4. The van der Waals surface area contributed by atoms with Crippen LogP contribution in [0.25, 0.3) is 0 Å². The maximum atomic E-state index is 14.6. The maximum Gasteiger partial charge on any atom is 0.339 e. The zero-order valence-electron chi connectivity index (χ0n) is 31.3. The molecule has 0 spiro atoms. The number of carbonyl (C=O) groups excluding carboxylic acids is 2. The molecule has 4 bridgehead atoms. The number of carbonyl (C=O) groups is 2. The molecule has 0 aromatic heterocycles. The Hall–Kier alpha value is -2.66. The monoisotopic (exact) mass is 703 g/mol. The van der Waals surface area contributed by atoms with Gasteiger partial charge in [-0.25, -0.2) is 4.79 Å². The molecule has 9 heteroatoms. The molecule has 2 aromatic rings. The number of ether oxygens (including phenoxy) is 4. The molecule has 278 valence electrons. The molecule has 0 amide bonds. The van der Waals surface area contributed by atoms with E-state index in [4.69, 9.17) is 18.9 Å². The average Bonchev–Trinajstić information content (AvgIpc) is 3.25. The number of methoxy groups -OCH3 is 3. The molecule has 4 aliphatic carbocycles. The number of aliphatic hydroxyl groups is 2. The summed E-state index contributed by atoms with van der Waals surface area (Å²) in [6, 6.07) is 14.9. The van der Waals surface area contributed by atoms with E-state index >= 15 is 0 Å². The second-order valence-corrected chi connectivity index (χ2v) is 16.5. The largest absolute Gasteiger partial charge is 0.454 e. The summed E-state index contributed by atoms with van der Waals surface area (Å²) in [7, 11) is 5.05. The van der Waals surface area contributed by atoms with E-state index < -0.39 is 28.9 Å². The van der Waals surface area contributed by atoms with Crippen LogP contribution < -0.4 is 0 Å². The summed E-state index contributed by atoms with van der Waals surface area (Å²) in [5.41, 5.74) is -1.10. The van der Waals surface area contributed by atoms with Crippen molar-refractivity contribution in [1.29, 1.82) is 0 Å². The second kappa shape index (κ2) is 13.6. The van der Waals surface area contributed by atoms with Crippen LogP contribution in [0.4, 0.5) is 0 Å². The van der Waals surface area contributed by atoms with Crippen molar-refractivity contribution < 1.29 is 38.7 Å². The third kappa shape index (κ3) is 5.56. The van der Waals surface area contributed by atoms with Crippen molar-refractivity contribution in [3.05, 3.63) is 70.8 Å². The highest BCUT2D eigenvalue weighted by molar-refractivity contribution is 6.00. The van der Waals surface area contributed by atoms with Gasteiger partial charge in [-0.15, -0.1) is 0 Å². The van der Waals surface area contributed by atoms with E-state index in [1.165, 1.54) is 5.56 Å².